The van der Waals surface area contributed by atoms with Crippen LogP contribution in [0.15, 0.2) is 12.3 Å². The first-order valence-electron chi connectivity index (χ1n) is 5.85. The Bertz CT molecular complexity index is 573. The summed E-state index contributed by atoms with van der Waals surface area (Å²) in [6, 6.07) is 1.99. The molecule has 0 fully saturated rings. The second kappa shape index (κ2) is 4.13. The van der Waals surface area contributed by atoms with E-state index in [1.165, 1.54) is 23.1 Å². The molecule has 0 saturated carbocycles. The number of nitrogens with zero attached hydrogens (tertiary/aromatic N) is 2. The van der Waals surface area contributed by atoms with Gasteiger partial charge < -0.3 is 11.1 Å². The maximum absolute atomic E-state index is 12.1. The van der Waals surface area contributed by atoms with Crippen LogP contribution in [0.2, 0.25) is 0 Å². The number of fused-ring (bicyclic) bond motifs is 1. The summed E-state index contributed by atoms with van der Waals surface area (Å²) in [6.07, 6.45) is 4.93. The fourth-order valence-electron chi connectivity index (χ4n) is 2.22. The highest BCUT2D eigenvalue weighted by atomic mass is 32.1. The Morgan fingerprint density at radius 1 is 1.56 bits per heavy atom. The summed E-state index contributed by atoms with van der Waals surface area (Å²) >= 11 is 1.58. The number of rotatable bonds is 2. The zero-order valence-corrected chi connectivity index (χ0v) is 10.9. The second-order valence-corrected chi connectivity index (χ2v) is 5.58. The predicted molar refractivity (Wildman–Crippen MR) is 71.9 cm³/mol. The van der Waals surface area contributed by atoms with E-state index in [0.717, 1.165) is 17.7 Å². The van der Waals surface area contributed by atoms with E-state index in [-0.39, 0.29) is 5.91 Å². The monoisotopic (exact) mass is 262 g/mol. The first-order chi connectivity index (χ1) is 8.65. The molecule has 0 atom stereocenters. The maximum Gasteiger partial charge on any atom is 0.266 e. The molecule has 5 nitrogen and oxygen atoms in total. The van der Waals surface area contributed by atoms with E-state index in [1.807, 2.05) is 6.07 Å². The van der Waals surface area contributed by atoms with Gasteiger partial charge in [0.25, 0.3) is 5.91 Å². The first-order valence-corrected chi connectivity index (χ1v) is 6.67. The standard InChI is InChI=1S/C12H14N4OS/c1-16-11(8(13)6-14-16)15-12(17)10-5-7-3-2-4-9(7)18-10/h5-6H,2-4,13H2,1H3,(H,15,17). The molecule has 1 aliphatic carbocycles. The van der Waals surface area contributed by atoms with E-state index < -0.39 is 0 Å². The number of aromatic nitrogens is 2. The quantitative estimate of drug-likeness (QED) is 0.866. The van der Waals surface area contributed by atoms with Crippen LogP contribution in [-0.2, 0) is 19.9 Å². The maximum atomic E-state index is 12.1. The number of carbonyl (C=O) groups excluding carboxylic acids is 1. The van der Waals surface area contributed by atoms with Crippen LogP contribution in [0.1, 0.15) is 26.5 Å². The van der Waals surface area contributed by atoms with Gasteiger partial charge in [-0.05, 0) is 30.9 Å². The van der Waals surface area contributed by atoms with Crippen LogP contribution in [-0.4, -0.2) is 15.7 Å². The third-order valence-corrected chi connectivity index (χ3v) is 4.41. The number of hydrogen-bond donors (Lipinski definition) is 2. The van der Waals surface area contributed by atoms with Gasteiger partial charge in [0.2, 0.25) is 0 Å². The minimum Gasteiger partial charge on any atom is -0.394 e. The average molecular weight is 262 g/mol. The van der Waals surface area contributed by atoms with Crippen molar-refractivity contribution in [2.24, 2.45) is 7.05 Å². The zero-order valence-electron chi connectivity index (χ0n) is 10.1. The molecule has 0 radical (unpaired) electrons. The molecule has 0 aliphatic heterocycles. The number of nitrogens with two attached hydrogens (primary N) is 1. The molecule has 0 aromatic carbocycles. The Morgan fingerprint density at radius 3 is 3.06 bits per heavy atom. The Balaban J connectivity index is 1.83. The summed E-state index contributed by atoms with van der Waals surface area (Å²) in [7, 11) is 1.75. The van der Waals surface area contributed by atoms with Gasteiger partial charge in [-0.15, -0.1) is 11.3 Å². The number of amides is 1. The fraction of sp³-hybridized carbons (Fsp3) is 0.333. The van der Waals surface area contributed by atoms with Crippen LogP contribution in [0.3, 0.4) is 0 Å². The molecule has 18 heavy (non-hydrogen) atoms. The molecule has 2 heterocycles. The molecule has 3 rings (SSSR count). The molecule has 6 heteroatoms. The van der Waals surface area contributed by atoms with Crippen LogP contribution in [0.5, 0.6) is 0 Å². The van der Waals surface area contributed by atoms with Crippen LogP contribution in [0, 0.1) is 0 Å². The van der Waals surface area contributed by atoms with Gasteiger partial charge in [-0.3, -0.25) is 9.48 Å². The molecule has 0 spiro atoms. The highest BCUT2D eigenvalue weighted by Gasteiger charge is 2.19. The SMILES string of the molecule is Cn1ncc(N)c1NC(=O)c1cc2c(s1)CCC2. The largest absolute Gasteiger partial charge is 0.394 e. The highest BCUT2D eigenvalue weighted by molar-refractivity contribution is 7.14. The topological polar surface area (TPSA) is 72.9 Å². The number of nitrogen functional groups attached to an aromatic ring is 1. The van der Waals surface area contributed by atoms with Crippen LogP contribution >= 0.6 is 11.3 Å². The number of carbonyl (C=O) groups is 1. The summed E-state index contributed by atoms with van der Waals surface area (Å²) in [5.74, 6) is 0.443. The fourth-order valence-corrected chi connectivity index (χ4v) is 3.37. The highest BCUT2D eigenvalue weighted by Crippen LogP contribution is 2.31. The van der Waals surface area contributed by atoms with Gasteiger partial charge in [-0.25, -0.2) is 0 Å². The molecular weight excluding hydrogens is 248 g/mol. The summed E-state index contributed by atoms with van der Waals surface area (Å²) in [6.45, 7) is 0. The minimum absolute atomic E-state index is 0.107. The molecule has 2 aromatic rings. The van der Waals surface area contributed by atoms with Crippen molar-refractivity contribution in [1.82, 2.24) is 9.78 Å². The Labute approximate surface area is 109 Å². The van der Waals surface area contributed by atoms with E-state index >= 15 is 0 Å². The van der Waals surface area contributed by atoms with Crippen molar-refractivity contribution in [3.8, 4) is 0 Å². The van der Waals surface area contributed by atoms with Gasteiger partial charge >= 0.3 is 0 Å². The molecule has 0 bridgehead atoms. The number of nitrogens with one attached hydrogen (secondary N) is 1. The third kappa shape index (κ3) is 1.78. The normalized spacial score (nSPS) is 13.6. The molecule has 94 valence electrons. The lowest BCUT2D eigenvalue weighted by molar-refractivity contribution is 0.102. The average Bonchev–Trinajstić information content (AvgIpc) is 2.98. The molecule has 3 N–H and O–H groups in total. The van der Waals surface area contributed by atoms with Gasteiger partial charge in [0.15, 0.2) is 5.82 Å². The molecule has 1 amide bonds. The van der Waals surface area contributed by atoms with Gasteiger partial charge in [0.05, 0.1) is 16.8 Å². The molecule has 1 aliphatic rings. The van der Waals surface area contributed by atoms with Gasteiger partial charge in [0, 0.05) is 11.9 Å². The number of anilines is 2. The van der Waals surface area contributed by atoms with E-state index in [9.17, 15) is 4.79 Å². The Morgan fingerprint density at radius 2 is 2.39 bits per heavy atom. The van der Waals surface area contributed by atoms with E-state index in [2.05, 4.69) is 10.4 Å². The van der Waals surface area contributed by atoms with Crippen LogP contribution in [0.4, 0.5) is 11.5 Å². The summed E-state index contributed by atoms with van der Waals surface area (Å²) in [4.78, 5) is 14.2. The molecule has 0 unspecified atom stereocenters. The molecular formula is C12H14N4OS. The van der Waals surface area contributed by atoms with Gasteiger partial charge in [0.1, 0.15) is 0 Å². The molecule has 0 saturated heterocycles. The van der Waals surface area contributed by atoms with Gasteiger partial charge in [-0.2, -0.15) is 5.10 Å². The lowest BCUT2D eigenvalue weighted by Crippen LogP contribution is -2.14. The van der Waals surface area contributed by atoms with Crippen molar-refractivity contribution in [3.63, 3.8) is 0 Å². The molecule has 2 aromatic heterocycles. The van der Waals surface area contributed by atoms with Crippen molar-refractivity contribution in [2.75, 3.05) is 11.1 Å². The predicted octanol–water partition coefficient (Wildman–Crippen LogP) is 1.80. The van der Waals surface area contributed by atoms with E-state index in [4.69, 9.17) is 5.73 Å². The summed E-state index contributed by atoms with van der Waals surface area (Å²) in [5, 5.41) is 6.80. The zero-order chi connectivity index (χ0) is 12.7. The second-order valence-electron chi connectivity index (χ2n) is 4.44. The first kappa shape index (κ1) is 11.3. The van der Waals surface area contributed by atoms with Crippen molar-refractivity contribution in [1.29, 1.82) is 0 Å². The van der Waals surface area contributed by atoms with Crippen molar-refractivity contribution in [2.45, 2.75) is 19.3 Å². The number of thiophene rings is 1. The summed E-state index contributed by atoms with van der Waals surface area (Å²) in [5.41, 5.74) is 7.55. The van der Waals surface area contributed by atoms with E-state index in [1.54, 1.807) is 23.1 Å². The van der Waals surface area contributed by atoms with Crippen LogP contribution < -0.4 is 11.1 Å². The van der Waals surface area contributed by atoms with Gasteiger partial charge in [-0.1, -0.05) is 0 Å². The summed E-state index contributed by atoms with van der Waals surface area (Å²) < 4.78 is 1.56. The minimum atomic E-state index is -0.107. The van der Waals surface area contributed by atoms with E-state index in [0.29, 0.717) is 11.5 Å². The Hall–Kier alpha value is -1.82. The lowest BCUT2D eigenvalue weighted by atomic mass is 10.2. The van der Waals surface area contributed by atoms with Crippen molar-refractivity contribution >= 4 is 28.7 Å². The number of aryl methyl sites for hydroxylation is 3. The smallest absolute Gasteiger partial charge is 0.266 e. The van der Waals surface area contributed by atoms with Crippen molar-refractivity contribution in [3.05, 3.63) is 27.6 Å². The lowest BCUT2D eigenvalue weighted by Gasteiger charge is -2.04. The number of hydrogen-bond acceptors (Lipinski definition) is 4. The third-order valence-electron chi connectivity index (χ3n) is 3.17. The van der Waals surface area contributed by atoms with Crippen LogP contribution in [0.25, 0.3) is 0 Å². The van der Waals surface area contributed by atoms with Crippen molar-refractivity contribution < 1.29 is 4.79 Å². The Kier molecular flexibility index (Phi) is 2.59.